The highest BCUT2D eigenvalue weighted by Crippen LogP contribution is 2.16. The van der Waals surface area contributed by atoms with Crippen LogP contribution in [-0.4, -0.2) is 29.8 Å². The summed E-state index contributed by atoms with van der Waals surface area (Å²) in [5, 5.41) is 2.95. The van der Waals surface area contributed by atoms with E-state index in [0.29, 0.717) is 18.7 Å². The second-order valence-electron chi connectivity index (χ2n) is 6.18. The van der Waals surface area contributed by atoms with Crippen molar-refractivity contribution >= 4 is 5.91 Å². The SMILES string of the molecule is Cc1ccc(CNC(=O)c2ccc(OC[C@H]3CCCO3)cc2)n1C. The number of nitrogens with one attached hydrogen (secondary N) is 1. The van der Waals surface area contributed by atoms with Gasteiger partial charge in [-0.3, -0.25) is 4.79 Å². The molecular weight excluding hydrogens is 304 g/mol. The maximum atomic E-state index is 12.2. The topological polar surface area (TPSA) is 52.5 Å². The summed E-state index contributed by atoms with van der Waals surface area (Å²) in [5.74, 6) is 0.680. The van der Waals surface area contributed by atoms with E-state index >= 15 is 0 Å². The maximum absolute atomic E-state index is 12.2. The third-order valence-electron chi connectivity index (χ3n) is 4.48. The van der Waals surface area contributed by atoms with Crippen molar-refractivity contribution in [3.63, 3.8) is 0 Å². The average molecular weight is 328 g/mol. The van der Waals surface area contributed by atoms with Crippen molar-refractivity contribution in [3.8, 4) is 5.75 Å². The Morgan fingerprint density at radius 2 is 2.08 bits per heavy atom. The summed E-state index contributed by atoms with van der Waals surface area (Å²) in [6.07, 6.45) is 2.36. The second-order valence-corrected chi connectivity index (χ2v) is 6.18. The van der Waals surface area contributed by atoms with Crippen molar-refractivity contribution in [3.05, 3.63) is 53.3 Å². The van der Waals surface area contributed by atoms with Gasteiger partial charge in [0.25, 0.3) is 5.91 Å². The fraction of sp³-hybridized carbons (Fsp3) is 0.421. The van der Waals surface area contributed by atoms with Gasteiger partial charge < -0.3 is 19.4 Å². The van der Waals surface area contributed by atoms with Crippen LogP contribution >= 0.6 is 0 Å². The summed E-state index contributed by atoms with van der Waals surface area (Å²) in [4.78, 5) is 12.2. The molecule has 128 valence electrons. The van der Waals surface area contributed by atoms with Gasteiger partial charge in [0.2, 0.25) is 0 Å². The van der Waals surface area contributed by atoms with Crippen LogP contribution in [-0.2, 0) is 18.3 Å². The van der Waals surface area contributed by atoms with Crippen molar-refractivity contribution < 1.29 is 14.3 Å². The molecule has 1 fully saturated rings. The van der Waals surface area contributed by atoms with Crippen LogP contribution in [0.3, 0.4) is 0 Å². The molecule has 24 heavy (non-hydrogen) atoms. The first-order valence-corrected chi connectivity index (χ1v) is 8.37. The molecule has 0 aliphatic carbocycles. The monoisotopic (exact) mass is 328 g/mol. The number of amides is 1. The summed E-state index contributed by atoms with van der Waals surface area (Å²) in [7, 11) is 2.00. The summed E-state index contributed by atoms with van der Waals surface area (Å²) >= 11 is 0. The predicted octanol–water partition coefficient (Wildman–Crippen LogP) is 2.82. The van der Waals surface area contributed by atoms with Gasteiger partial charge in [0, 0.05) is 30.6 Å². The summed E-state index contributed by atoms with van der Waals surface area (Å²) in [6, 6.07) is 11.3. The third kappa shape index (κ3) is 3.97. The molecule has 2 aromatic rings. The number of aromatic nitrogens is 1. The van der Waals surface area contributed by atoms with Gasteiger partial charge in [-0.05, 0) is 56.2 Å². The first-order chi connectivity index (χ1) is 11.6. The fourth-order valence-corrected chi connectivity index (χ4v) is 2.78. The minimum atomic E-state index is -0.0838. The van der Waals surface area contributed by atoms with Gasteiger partial charge in [-0.15, -0.1) is 0 Å². The van der Waals surface area contributed by atoms with E-state index in [9.17, 15) is 4.79 Å². The lowest BCUT2D eigenvalue weighted by Gasteiger charge is -2.12. The molecule has 0 unspecified atom stereocenters. The molecule has 1 atom stereocenters. The fourth-order valence-electron chi connectivity index (χ4n) is 2.78. The molecule has 1 saturated heterocycles. The number of carbonyl (C=O) groups excluding carboxylic acids is 1. The summed E-state index contributed by atoms with van der Waals surface area (Å²) < 4.78 is 13.3. The number of aryl methyl sites for hydroxylation is 1. The smallest absolute Gasteiger partial charge is 0.251 e. The van der Waals surface area contributed by atoms with Crippen LogP contribution in [0.4, 0.5) is 0 Å². The Hall–Kier alpha value is -2.27. The van der Waals surface area contributed by atoms with E-state index in [2.05, 4.69) is 9.88 Å². The van der Waals surface area contributed by atoms with Crippen LogP contribution in [0.15, 0.2) is 36.4 Å². The number of hydrogen-bond donors (Lipinski definition) is 1. The summed E-state index contributed by atoms with van der Waals surface area (Å²) in [5.41, 5.74) is 2.88. The molecule has 1 N–H and O–H groups in total. The van der Waals surface area contributed by atoms with Crippen LogP contribution in [0.5, 0.6) is 5.75 Å². The van der Waals surface area contributed by atoms with E-state index in [0.717, 1.165) is 30.9 Å². The van der Waals surface area contributed by atoms with Gasteiger partial charge in [-0.1, -0.05) is 0 Å². The molecule has 3 rings (SSSR count). The highest BCUT2D eigenvalue weighted by molar-refractivity contribution is 5.94. The molecule has 0 spiro atoms. The van der Waals surface area contributed by atoms with Crippen LogP contribution in [0, 0.1) is 6.92 Å². The second kappa shape index (κ2) is 7.53. The predicted molar refractivity (Wildman–Crippen MR) is 92.2 cm³/mol. The van der Waals surface area contributed by atoms with Crippen molar-refractivity contribution in [2.24, 2.45) is 7.05 Å². The Balaban J connectivity index is 1.50. The van der Waals surface area contributed by atoms with Gasteiger partial charge in [0.15, 0.2) is 0 Å². The Morgan fingerprint density at radius 3 is 2.71 bits per heavy atom. The van der Waals surface area contributed by atoms with Crippen LogP contribution in [0.25, 0.3) is 0 Å². The molecule has 0 radical (unpaired) electrons. The molecule has 0 saturated carbocycles. The zero-order valence-corrected chi connectivity index (χ0v) is 14.2. The average Bonchev–Trinajstić information content (AvgIpc) is 3.23. The number of carbonyl (C=O) groups is 1. The zero-order valence-electron chi connectivity index (χ0n) is 14.2. The van der Waals surface area contributed by atoms with Gasteiger partial charge >= 0.3 is 0 Å². The molecular formula is C19H24N2O3. The lowest BCUT2D eigenvalue weighted by Crippen LogP contribution is -2.24. The lowest BCUT2D eigenvalue weighted by atomic mass is 10.2. The standard InChI is InChI=1S/C19H24N2O3/c1-14-5-8-16(21(14)2)12-20-19(22)15-6-9-17(10-7-15)24-13-18-4-3-11-23-18/h5-10,18H,3-4,11-13H2,1-2H3,(H,20,22)/t18-/m1/s1. The van der Waals surface area contributed by atoms with E-state index in [1.807, 2.05) is 38.2 Å². The number of benzene rings is 1. The molecule has 0 bridgehead atoms. The maximum Gasteiger partial charge on any atom is 0.251 e. The van der Waals surface area contributed by atoms with Gasteiger partial charge in [0.05, 0.1) is 12.6 Å². The zero-order chi connectivity index (χ0) is 16.9. The van der Waals surface area contributed by atoms with Gasteiger partial charge in [0.1, 0.15) is 12.4 Å². The Bertz CT molecular complexity index is 685. The first-order valence-electron chi connectivity index (χ1n) is 8.37. The van der Waals surface area contributed by atoms with Crippen molar-refractivity contribution in [2.45, 2.75) is 32.4 Å². The molecule has 1 aliphatic heterocycles. The normalized spacial score (nSPS) is 17.0. The summed E-state index contributed by atoms with van der Waals surface area (Å²) in [6.45, 7) is 3.95. The Morgan fingerprint density at radius 1 is 1.29 bits per heavy atom. The number of rotatable bonds is 6. The van der Waals surface area contributed by atoms with Gasteiger partial charge in [-0.25, -0.2) is 0 Å². The number of nitrogens with zero attached hydrogens (tertiary/aromatic N) is 1. The molecule has 1 aliphatic rings. The first kappa shape index (κ1) is 16.6. The third-order valence-corrected chi connectivity index (χ3v) is 4.48. The van der Waals surface area contributed by atoms with Crippen LogP contribution in [0.2, 0.25) is 0 Å². The Kier molecular flexibility index (Phi) is 5.20. The van der Waals surface area contributed by atoms with E-state index in [1.54, 1.807) is 12.1 Å². The quantitative estimate of drug-likeness (QED) is 0.887. The molecule has 1 aromatic heterocycles. The Labute approximate surface area is 142 Å². The van der Waals surface area contributed by atoms with E-state index in [-0.39, 0.29) is 12.0 Å². The van der Waals surface area contributed by atoms with E-state index in [1.165, 1.54) is 5.69 Å². The van der Waals surface area contributed by atoms with Crippen LogP contribution in [0.1, 0.15) is 34.6 Å². The number of ether oxygens (including phenoxy) is 2. The lowest BCUT2D eigenvalue weighted by molar-refractivity contribution is 0.0679. The van der Waals surface area contributed by atoms with Crippen molar-refractivity contribution in [1.82, 2.24) is 9.88 Å². The largest absolute Gasteiger partial charge is 0.491 e. The van der Waals surface area contributed by atoms with E-state index < -0.39 is 0 Å². The highest BCUT2D eigenvalue weighted by Gasteiger charge is 2.16. The minimum absolute atomic E-state index is 0.0838. The number of hydrogen-bond acceptors (Lipinski definition) is 3. The molecule has 1 aromatic carbocycles. The minimum Gasteiger partial charge on any atom is -0.491 e. The van der Waals surface area contributed by atoms with Gasteiger partial charge in [-0.2, -0.15) is 0 Å². The van der Waals surface area contributed by atoms with E-state index in [4.69, 9.17) is 9.47 Å². The molecule has 5 nitrogen and oxygen atoms in total. The van der Waals surface area contributed by atoms with Crippen molar-refractivity contribution in [1.29, 1.82) is 0 Å². The molecule has 5 heteroatoms. The molecule has 1 amide bonds. The molecule has 2 heterocycles. The highest BCUT2D eigenvalue weighted by atomic mass is 16.5. The van der Waals surface area contributed by atoms with Crippen molar-refractivity contribution in [2.75, 3.05) is 13.2 Å². The van der Waals surface area contributed by atoms with Crippen LogP contribution < -0.4 is 10.1 Å².